The Balaban J connectivity index is 2.13. The Morgan fingerprint density at radius 2 is 1.30 bits per heavy atom. The topological polar surface area (TPSA) is 129 Å². The van der Waals surface area contributed by atoms with E-state index >= 15 is 0 Å². The second-order valence-electron chi connectivity index (χ2n) is 6.18. The van der Waals surface area contributed by atoms with Crippen molar-refractivity contribution in [2.75, 3.05) is 13.1 Å². The van der Waals surface area contributed by atoms with Gasteiger partial charge in [0.1, 0.15) is 0 Å². The Bertz CT molecular complexity index is 524. The number of benzene rings is 1. The van der Waals surface area contributed by atoms with Crippen molar-refractivity contribution < 1.29 is 0 Å². The van der Waals surface area contributed by atoms with Crippen molar-refractivity contribution in [2.24, 2.45) is 32.9 Å². The molecule has 0 aromatic heterocycles. The first-order valence-electron chi connectivity index (χ1n) is 8.28. The molecule has 2 rings (SSSR count). The van der Waals surface area contributed by atoms with Crippen molar-refractivity contribution in [1.29, 1.82) is 0 Å². The predicted molar refractivity (Wildman–Crippen MR) is 96.4 cm³/mol. The molecule has 0 radical (unpaired) electrons. The van der Waals surface area contributed by atoms with Crippen molar-refractivity contribution in [3.05, 3.63) is 34.9 Å². The second-order valence-corrected chi connectivity index (χ2v) is 6.18. The predicted octanol–water partition coefficient (Wildman–Crippen LogP) is 0.976. The first kappa shape index (κ1) is 17.1. The first-order chi connectivity index (χ1) is 11.0. The van der Waals surface area contributed by atoms with Gasteiger partial charge in [-0.3, -0.25) is 9.98 Å². The minimum Gasteiger partial charge on any atom is -0.370 e. The quantitative estimate of drug-likeness (QED) is 0.441. The molecule has 126 valence electrons. The van der Waals surface area contributed by atoms with Gasteiger partial charge in [0.05, 0.1) is 0 Å². The van der Waals surface area contributed by atoms with E-state index in [2.05, 4.69) is 28.2 Å². The fraction of sp³-hybridized carbons (Fsp3) is 0.529. The number of hydrogen-bond acceptors (Lipinski definition) is 2. The van der Waals surface area contributed by atoms with Gasteiger partial charge in [0.25, 0.3) is 0 Å². The molecule has 1 saturated carbocycles. The van der Waals surface area contributed by atoms with Crippen LogP contribution in [0.1, 0.15) is 48.3 Å². The Morgan fingerprint density at radius 1 is 0.826 bits per heavy atom. The van der Waals surface area contributed by atoms with Crippen molar-refractivity contribution in [3.8, 4) is 0 Å². The first-order valence-corrected chi connectivity index (χ1v) is 8.28. The highest BCUT2D eigenvalue weighted by Crippen LogP contribution is 2.35. The van der Waals surface area contributed by atoms with E-state index in [1.807, 2.05) is 0 Å². The number of hydrogen-bond donors (Lipinski definition) is 4. The standard InChI is InChI=1S/C17H28N6/c18-16(19)22-7-5-12-9-13(6-8-23-17(20)21)11-15(10-12)14-3-1-2-4-14/h9-11,14H,1-8H2,(H4,18,19,22)(H4,20,21,23). The summed E-state index contributed by atoms with van der Waals surface area (Å²) >= 11 is 0. The third-order valence-electron chi connectivity index (χ3n) is 4.29. The lowest BCUT2D eigenvalue weighted by molar-refractivity contribution is 0.719. The molecule has 0 heterocycles. The van der Waals surface area contributed by atoms with Crippen molar-refractivity contribution >= 4 is 11.9 Å². The van der Waals surface area contributed by atoms with E-state index in [9.17, 15) is 0 Å². The summed E-state index contributed by atoms with van der Waals surface area (Å²) in [6.45, 7) is 1.23. The SMILES string of the molecule is NC(N)=NCCc1cc(CCN=C(N)N)cc(C2CCCC2)c1. The lowest BCUT2D eigenvalue weighted by Crippen LogP contribution is -2.23. The minimum atomic E-state index is 0.143. The average molecular weight is 316 g/mol. The number of nitrogens with zero attached hydrogens (tertiary/aromatic N) is 2. The molecule has 0 aliphatic heterocycles. The van der Waals surface area contributed by atoms with Gasteiger partial charge in [-0.1, -0.05) is 31.0 Å². The highest BCUT2D eigenvalue weighted by Gasteiger charge is 2.18. The van der Waals surface area contributed by atoms with Crippen LogP contribution < -0.4 is 22.9 Å². The Hall–Kier alpha value is -2.24. The molecule has 0 unspecified atom stereocenters. The molecule has 0 bridgehead atoms. The normalized spacial score (nSPS) is 14.6. The van der Waals surface area contributed by atoms with Gasteiger partial charge in [-0.05, 0) is 48.3 Å². The lowest BCUT2D eigenvalue weighted by Gasteiger charge is -2.14. The van der Waals surface area contributed by atoms with E-state index in [1.54, 1.807) is 0 Å². The third-order valence-corrected chi connectivity index (χ3v) is 4.29. The summed E-state index contributed by atoms with van der Waals surface area (Å²) in [5.74, 6) is 0.967. The van der Waals surface area contributed by atoms with E-state index in [1.165, 1.54) is 42.4 Å². The number of rotatable bonds is 7. The van der Waals surface area contributed by atoms with Crippen molar-refractivity contribution in [1.82, 2.24) is 0 Å². The molecule has 0 saturated heterocycles. The summed E-state index contributed by atoms with van der Waals surface area (Å²) in [4.78, 5) is 8.16. The van der Waals surface area contributed by atoms with Crippen LogP contribution in [0.2, 0.25) is 0 Å². The fourth-order valence-electron chi connectivity index (χ4n) is 3.20. The molecular formula is C17H28N6. The number of nitrogens with two attached hydrogens (primary N) is 4. The molecule has 0 spiro atoms. The Kier molecular flexibility index (Phi) is 6.26. The van der Waals surface area contributed by atoms with Gasteiger partial charge in [-0.15, -0.1) is 0 Å². The van der Waals surface area contributed by atoms with E-state index in [0.29, 0.717) is 19.0 Å². The highest BCUT2D eigenvalue weighted by atomic mass is 15.0. The molecule has 1 aliphatic carbocycles. The van der Waals surface area contributed by atoms with Crippen LogP contribution in [0.5, 0.6) is 0 Å². The van der Waals surface area contributed by atoms with Crippen LogP contribution in [0, 0.1) is 0 Å². The molecule has 23 heavy (non-hydrogen) atoms. The molecule has 6 nitrogen and oxygen atoms in total. The summed E-state index contributed by atoms with van der Waals surface area (Å²) in [5.41, 5.74) is 25.6. The van der Waals surface area contributed by atoms with E-state index in [4.69, 9.17) is 22.9 Å². The molecule has 1 fully saturated rings. The van der Waals surface area contributed by atoms with Gasteiger partial charge in [0, 0.05) is 13.1 Å². The van der Waals surface area contributed by atoms with Gasteiger partial charge in [0.2, 0.25) is 0 Å². The van der Waals surface area contributed by atoms with Crippen LogP contribution in [0.25, 0.3) is 0 Å². The smallest absolute Gasteiger partial charge is 0.185 e. The van der Waals surface area contributed by atoms with Crippen molar-refractivity contribution in [3.63, 3.8) is 0 Å². The van der Waals surface area contributed by atoms with Gasteiger partial charge in [-0.25, -0.2) is 0 Å². The second kappa shape index (κ2) is 8.41. The maximum Gasteiger partial charge on any atom is 0.185 e. The summed E-state index contributed by atoms with van der Waals surface area (Å²) in [6, 6.07) is 6.83. The molecule has 1 aromatic carbocycles. The maximum atomic E-state index is 5.40. The lowest BCUT2D eigenvalue weighted by atomic mass is 9.92. The van der Waals surface area contributed by atoms with Crippen LogP contribution in [-0.4, -0.2) is 25.0 Å². The van der Waals surface area contributed by atoms with Crippen LogP contribution in [0.4, 0.5) is 0 Å². The Morgan fingerprint density at radius 3 is 1.74 bits per heavy atom. The Labute approximate surface area is 138 Å². The van der Waals surface area contributed by atoms with Gasteiger partial charge in [0.15, 0.2) is 11.9 Å². The molecule has 6 heteroatoms. The van der Waals surface area contributed by atoms with Crippen LogP contribution in [-0.2, 0) is 12.8 Å². The van der Waals surface area contributed by atoms with Gasteiger partial charge >= 0.3 is 0 Å². The highest BCUT2D eigenvalue weighted by molar-refractivity contribution is 5.75. The summed E-state index contributed by atoms with van der Waals surface area (Å²) in [6.07, 6.45) is 6.90. The van der Waals surface area contributed by atoms with Crippen molar-refractivity contribution in [2.45, 2.75) is 44.4 Å². The van der Waals surface area contributed by atoms with Crippen LogP contribution in [0.3, 0.4) is 0 Å². The largest absolute Gasteiger partial charge is 0.370 e. The molecule has 1 aliphatic rings. The van der Waals surface area contributed by atoms with E-state index in [-0.39, 0.29) is 11.9 Å². The molecule has 0 amide bonds. The van der Waals surface area contributed by atoms with E-state index in [0.717, 1.165) is 12.8 Å². The summed E-state index contributed by atoms with van der Waals surface area (Å²) in [7, 11) is 0. The monoisotopic (exact) mass is 316 g/mol. The average Bonchev–Trinajstić information content (AvgIpc) is 3.00. The zero-order valence-corrected chi connectivity index (χ0v) is 13.7. The molecule has 1 aromatic rings. The zero-order chi connectivity index (χ0) is 16.7. The summed E-state index contributed by atoms with van der Waals surface area (Å²) in [5, 5.41) is 0. The molecule has 0 atom stereocenters. The maximum absolute atomic E-state index is 5.40. The number of aliphatic imine (C=N–C) groups is 2. The number of guanidine groups is 2. The fourth-order valence-corrected chi connectivity index (χ4v) is 3.20. The molecule has 8 N–H and O–H groups in total. The molecular weight excluding hydrogens is 288 g/mol. The summed E-state index contributed by atoms with van der Waals surface area (Å²) < 4.78 is 0. The third kappa shape index (κ3) is 5.81. The van der Waals surface area contributed by atoms with Crippen LogP contribution in [0.15, 0.2) is 28.2 Å². The minimum absolute atomic E-state index is 0.143. The van der Waals surface area contributed by atoms with E-state index < -0.39 is 0 Å². The van der Waals surface area contributed by atoms with Crippen LogP contribution >= 0.6 is 0 Å². The zero-order valence-electron chi connectivity index (χ0n) is 13.7. The van der Waals surface area contributed by atoms with Gasteiger partial charge < -0.3 is 22.9 Å². The van der Waals surface area contributed by atoms with Gasteiger partial charge in [-0.2, -0.15) is 0 Å².